The van der Waals surface area contributed by atoms with Crippen LogP contribution in [0.1, 0.15) is 25.7 Å². The van der Waals surface area contributed by atoms with Crippen molar-refractivity contribution in [2.75, 3.05) is 0 Å². The largest absolute Gasteiger partial charge is 0.458 e. The molecule has 124 valence electrons. The lowest BCUT2D eigenvalue weighted by molar-refractivity contribution is -0.185. The van der Waals surface area contributed by atoms with Gasteiger partial charge in [-0.2, -0.15) is 8.78 Å². The van der Waals surface area contributed by atoms with E-state index in [-0.39, 0.29) is 17.8 Å². The van der Waals surface area contributed by atoms with E-state index in [1.807, 2.05) is 0 Å². The minimum absolute atomic E-state index is 0.230. The Hall–Kier alpha value is -1.29. The van der Waals surface area contributed by atoms with E-state index in [0.29, 0.717) is 25.7 Å². The highest BCUT2D eigenvalue weighted by Gasteiger charge is 2.57. The van der Waals surface area contributed by atoms with Crippen LogP contribution in [-0.4, -0.2) is 37.8 Å². The number of hydrogen-bond donors (Lipinski definition) is 1. The first-order valence-electron chi connectivity index (χ1n) is 6.91. The number of carbonyl (C=O) groups is 2. The van der Waals surface area contributed by atoms with Gasteiger partial charge in [0, 0.05) is 5.92 Å². The third-order valence-corrected chi connectivity index (χ3v) is 5.56. The van der Waals surface area contributed by atoms with E-state index in [9.17, 15) is 26.8 Å². The molecule has 4 fully saturated rings. The van der Waals surface area contributed by atoms with Crippen molar-refractivity contribution < 1.29 is 36.3 Å². The predicted octanol–water partition coefficient (Wildman–Crippen LogP) is 0.141. The third-order valence-electron chi connectivity index (χ3n) is 4.68. The summed E-state index contributed by atoms with van der Waals surface area (Å²) in [5, 5.41) is -0.466. The van der Waals surface area contributed by atoms with Crippen LogP contribution in [0.2, 0.25) is 0 Å². The smallest absolute Gasteiger partial charge is 0.454 e. The Kier molecular flexibility index (Phi) is 3.44. The molecule has 2 aliphatic carbocycles. The van der Waals surface area contributed by atoms with Crippen molar-refractivity contribution >= 4 is 22.0 Å². The van der Waals surface area contributed by atoms with Gasteiger partial charge in [-0.25, -0.2) is 18.4 Å². The predicted molar refractivity (Wildman–Crippen MR) is 66.8 cm³/mol. The van der Waals surface area contributed by atoms with Gasteiger partial charge in [-0.3, -0.25) is 4.79 Å². The fourth-order valence-corrected chi connectivity index (χ4v) is 4.03. The van der Waals surface area contributed by atoms with Crippen molar-refractivity contribution in [1.29, 1.82) is 0 Å². The molecular formula is C12H15F2NO6S. The number of carbonyl (C=O) groups excluding carboxylic acids is 2. The second-order valence-corrected chi connectivity index (χ2v) is 7.78. The maximum atomic E-state index is 13.4. The summed E-state index contributed by atoms with van der Waals surface area (Å²) in [6, 6.07) is 0. The van der Waals surface area contributed by atoms with Crippen LogP contribution in [0.15, 0.2) is 0 Å². The van der Waals surface area contributed by atoms with Gasteiger partial charge < -0.3 is 9.47 Å². The molecule has 4 bridgehead atoms. The summed E-state index contributed by atoms with van der Waals surface area (Å²) in [4.78, 5) is 23.3. The quantitative estimate of drug-likeness (QED) is 0.732. The molecule has 7 nitrogen and oxygen atoms in total. The molecule has 10 heteroatoms. The van der Waals surface area contributed by atoms with E-state index < -0.39 is 39.4 Å². The highest BCUT2D eigenvalue weighted by Crippen LogP contribution is 2.48. The average molecular weight is 339 g/mol. The topological polar surface area (TPSA) is 113 Å². The Morgan fingerprint density at radius 3 is 2.59 bits per heavy atom. The number of primary sulfonamides is 1. The molecule has 5 atom stereocenters. The average Bonchev–Trinajstić information content (AvgIpc) is 2.55. The van der Waals surface area contributed by atoms with Crippen LogP contribution in [0.4, 0.5) is 8.78 Å². The van der Waals surface area contributed by atoms with E-state index in [0.717, 1.165) is 0 Å². The molecule has 5 unspecified atom stereocenters. The van der Waals surface area contributed by atoms with Crippen LogP contribution < -0.4 is 5.14 Å². The minimum atomic E-state index is -5.41. The van der Waals surface area contributed by atoms with Crippen molar-refractivity contribution in [1.82, 2.24) is 0 Å². The summed E-state index contributed by atoms with van der Waals surface area (Å²) < 4.78 is 58.4. The van der Waals surface area contributed by atoms with Crippen molar-refractivity contribution in [2.45, 2.75) is 43.1 Å². The van der Waals surface area contributed by atoms with Gasteiger partial charge in [0.15, 0.2) is 0 Å². The highest BCUT2D eigenvalue weighted by molar-refractivity contribution is 7.91. The number of alkyl halides is 2. The summed E-state index contributed by atoms with van der Waals surface area (Å²) >= 11 is 0. The molecule has 0 spiro atoms. The molecule has 0 aromatic carbocycles. The van der Waals surface area contributed by atoms with E-state index in [1.54, 1.807) is 0 Å². The molecule has 4 aliphatic rings. The molecule has 2 saturated heterocycles. The van der Waals surface area contributed by atoms with Crippen molar-refractivity contribution in [3.8, 4) is 0 Å². The molecule has 22 heavy (non-hydrogen) atoms. The maximum Gasteiger partial charge on any atom is 0.454 e. The standard InChI is InChI=1S/C12H15F2NO6S/c13-12(14,22(15,18)19)11(17)21-9-6-1-5-2-7(4-6)10(16)20-8(9)3-5/h5-9H,1-4H2,(H2,15,18,19). The SMILES string of the molecule is NS(=O)(=O)C(F)(F)C(=O)OC1C2CC3CC(C2)C(=O)OC1C3. The van der Waals surface area contributed by atoms with Gasteiger partial charge >= 0.3 is 17.2 Å². The Balaban J connectivity index is 1.81. The molecule has 2 aliphatic heterocycles. The first-order valence-corrected chi connectivity index (χ1v) is 8.46. The molecule has 2 saturated carbocycles. The highest BCUT2D eigenvalue weighted by atomic mass is 32.2. The van der Waals surface area contributed by atoms with E-state index in [2.05, 4.69) is 5.14 Å². The fourth-order valence-electron chi connectivity index (χ4n) is 3.75. The zero-order valence-corrected chi connectivity index (χ0v) is 12.2. The molecule has 0 radical (unpaired) electrons. The van der Waals surface area contributed by atoms with Crippen LogP contribution >= 0.6 is 0 Å². The van der Waals surface area contributed by atoms with Gasteiger partial charge in [0.2, 0.25) is 0 Å². The van der Waals surface area contributed by atoms with Gasteiger partial charge in [0.05, 0.1) is 5.92 Å². The lowest BCUT2D eigenvalue weighted by atomic mass is 9.67. The lowest BCUT2D eigenvalue weighted by Gasteiger charge is -2.41. The molecule has 2 N–H and O–H groups in total. The van der Waals surface area contributed by atoms with Crippen LogP contribution in [-0.2, 0) is 29.1 Å². The van der Waals surface area contributed by atoms with Gasteiger partial charge in [-0.1, -0.05) is 0 Å². The Bertz CT molecular complexity index is 621. The van der Waals surface area contributed by atoms with Crippen molar-refractivity contribution in [2.24, 2.45) is 22.9 Å². The van der Waals surface area contributed by atoms with Crippen LogP contribution in [0, 0.1) is 17.8 Å². The summed E-state index contributed by atoms with van der Waals surface area (Å²) in [5.74, 6) is -2.99. The Morgan fingerprint density at radius 1 is 1.27 bits per heavy atom. The number of esters is 2. The number of sulfonamides is 1. The first-order chi connectivity index (χ1) is 10.1. The molecule has 0 amide bonds. The van der Waals surface area contributed by atoms with Gasteiger partial charge in [-0.05, 0) is 31.6 Å². The van der Waals surface area contributed by atoms with Crippen LogP contribution in [0.25, 0.3) is 0 Å². The third kappa shape index (κ3) is 2.37. The van der Waals surface area contributed by atoms with Crippen LogP contribution in [0.5, 0.6) is 0 Å². The summed E-state index contributed by atoms with van der Waals surface area (Å²) in [6.07, 6.45) is 0.305. The first kappa shape index (κ1) is 15.6. The normalized spacial score (nSPS) is 37.6. The van der Waals surface area contributed by atoms with Crippen LogP contribution in [0.3, 0.4) is 0 Å². The molecule has 0 aromatic rings. The van der Waals surface area contributed by atoms with Gasteiger partial charge in [0.1, 0.15) is 12.2 Å². The number of ether oxygens (including phenoxy) is 2. The Morgan fingerprint density at radius 2 is 1.95 bits per heavy atom. The van der Waals surface area contributed by atoms with E-state index in [4.69, 9.17) is 9.47 Å². The fraction of sp³-hybridized carbons (Fsp3) is 0.833. The summed E-state index contributed by atoms with van der Waals surface area (Å²) in [5.41, 5.74) is 0. The van der Waals surface area contributed by atoms with Gasteiger partial charge in [0.25, 0.3) is 10.0 Å². The molecule has 2 heterocycles. The number of rotatable bonds is 3. The van der Waals surface area contributed by atoms with E-state index in [1.165, 1.54) is 0 Å². The Labute approximate surface area is 125 Å². The zero-order valence-electron chi connectivity index (χ0n) is 11.4. The number of nitrogens with two attached hydrogens (primary N) is 1. The number of halogens is 2. The molecule has 0 aromatic heterocycles. The second-order valence-electron chi connectivity index (χ2n) is 6.17. The summed E-state index contributed by atoms with van der Waals surface area (Å²) in [7, 11) is -5.41. The lowest BCUT2D eigenvalue weighted by Crippen LogP contribution is -2.50. The monoisotopic (exact) mass is 339 g/mol. The maximum absolute atomic E-state index is 13.4. The number of hydrogen-bond acceptors (Lipinski definition) is 6. The van der Waals surface area contributed by atoms with Crippen molar-refractivity contribution in [3.05, 3.63) is 0 Å². The zero-order chi connectivity index (χ0) is 16.3. The second kappa shape index (κ2) is 4.85. The molecular weight excluding hydrogens is 324 g/mol. The van der Waals surface area contributed by atoms with E-state index >= 15 is 0 Å². The number of fused-ring (bicyclic) bond motifs is 1. The minimum Gasteiger partial charge on any atom is -0.458 e. The van der Waals surface area contributed by atoms with Gasteiger partial charge in [-0.15, -0.1) is 0 Å². The summed E-state index contributed by atoms with van der Waals surface area (Å²) in [6.45, 7) is 0. The van der Waals surface area contributed by atoms with Crippen molar-refractivity contribution in [3.63, 3.8) is 0 Å². The molecule has 4 rings (SSSR count).